The van der Waals surface area contributed by atoms with E-state index in [1.54, 1.807) is 10.9 Å². The van der Waals surface area contributed by atoms with Crippen molar-refractivity contribution in [3.05, 3.63) is 46.2 Å². The second-order valence-electron chi connectivity index (χ2n) is 4.21. The van der Waals surface area contributed by atoms with E-state index in [4.69, 9.17) is 0 Å². The average Bonchev–Trinajstić information content (AvgIpc) is 2.78. The summed E-state index contributed by atoms with van der Waals surface area (Å²) in [5.74, 6) is 0. The van der Waals surface area contributed by atoms with Crippen LogP contribution in [-0.2, 0) is 6.54 Å². The van der Waals surface area contributed by atoms with E-state index >= 15 is 0 Å². The molecular weight excluding hydrogens is 369 g/mol. The van der Waals surface area contributed by atoms with E-state index in [1.165, 1.54) is 24.3 Å². The van der Waals surface area contributed by atoms with Crippen molar-refractivity contribution in [1.29, 1.82) is 0 Å². The van der Waals surface area contributed by atoms with E-state index in [0.29, 0.717) is 22.3 Å². The highest BCUT2D eigenvalue weighted by Gasteiger charge is 2.29. The number of aliphatic hydroxyl groups excluding tert-OH is 1. The van der Waals surface area contributed by atoms with Crippen LogP contribution in [0.25, 0.3) is 0 Å². The van der Waals surface area contributed by atoms with Crippen LogP contribution in [0.2, 0.25) is 0 Å². The molecule has 0 amide bonds. The van der Waals surface area contributed by atoms with Crippen molar-refractivity contribution in [2.45, 2.75) is 30.0 Å². The van der Waals surface area contributed by atoms with Gasteiger partial charge in [-0.25, -0.2) is 0 Å². The molecule has 1 heterocycles. The highest BCUT2D eigenvalue weighted by molar-refractivity contribution is 9.10. The van der Waals surface area contributed by atoms with Gasteiger partial charge in [0.25, 0.3) is 0 Å². The molecule has 21 heavy (non-hydrogen) atoms. The zero-order valence-electron chi connectivity index (χ0n) is 10.9. The van der Waals surface area contributed by atoms with Crippen molar-refractivity contribution in [3.8, 4) is 0 Å². The quantitative estimate of drug-likeness (QED) is 0.800. The maximum absolute atomic E-state index is 12.3. The fourth-order valence-corrected chi connectivity index (χ4v) is 2.96. The third-order valence-corrected chi connectivity index (χ3v) is 4.17. The molecule has 114 valence electrons. The first-order valence-corrected chi connectivity index (χ1v) is 7.67. The summed E-state index contributed by atoms with van der Waals surface area (Å²) in [6.45, 7) is 2.47. The van der Waals surface area contributed by atoms with Crippen LogP contribution in [0.3, 0.4) is 0 Å². The largest absolute Gasteiger partial charge is 0.446 e. The molecule has 2 aromatic rings. The topological polar surface area (TPSA) is 38.0 Å². The molecular formula is C13H12BrF3N2OS. The lowest BCUT2D eigenvalue weighted by molar-refractivity contribution is -0.0328. The van der Waals surface area contributed by atoms with E-state index in [9.17, 15) is 18.3 Å². The molecule has 0 bridgehead atoms. The summed E-state index contributed by atoms with van der Waals surface area (Å²) in [6, 6.07) is 5.66. The van der Waals surface area contributed by atoms with Gasteiger partial charge >= 0.3 is 5.51 Å². The molecule has 0 saturated carbocycles. The summed E-state index contributed by atoms with van der Waals surface area (Å²) >= 11 is 3.13. The molecule has 1 unspecified atom stereocenters. The predicted octanol–water partition coefficient (Wildman–Crippen LogP) is 4.36. The lowest BCUT2D eigenvalue weighted by Crippen LogP contribution is -2.09. The molecule has 0 saturated heterocycles. The normalized spacial score (nSPS) is 13.4. The minimum atomic E-state index is -4.32. The highest BCUT2D eigenvalue weighted by Crippen LogP contribution is 2.37. The molecule has 2 rings (SSSR count). The van der Waals surface area contributed by atoms with Crippen molar-refractivity contribution in [3.63, 3.8) is 0 Å². The number of halogens is 4. The van der Waals surface area contributed by atoms with E-state index in [-0.39, 0.29) is 16.7 Å². The Kier molecular flexibility index (Phi) is 5.00. The van der Waals surface area contributed by atoms with Crippen LogP contribution < -0.4 is 0 Å². The van der Waals surface area contributed by atoms with Crippen molar-refractivity contribution in [2.75, 3.05) is 0 Å². The molecule has 8 heteroatoms. The van der Waals surface area contributed by atoms with E-state index in [0.717, 1.165) is 0 Å². The number of hydrogen-bond donors (Lipinski definition) is 1. The summed E-state index contributed by atoms with van der Waals surface area (Å²) < 4.78 is 39.1. The predicted molar refractivity (Wildman–Crippen MR) is 78.0 cm³/mol. The van der Waals surface area contributed by atoms with E-state index < -0.39 is 11.6 Å². The van der Waals surface area contributed by atoms with Crippen LogP contribution >= 0.6 is 27.7 Å². The zero-order valence-corrected chi connectivity index (χ0v) is 13.3. The summed E-state index contributed by atoms with van der Waals surface area (Å²) in [7, 11) is 0. The first kappa shape index (κ1) is 16.4. The summed E-state index contributed by atoms with van der Waals surface area (Å²) in [4.78, 5) is 0.0847. The van der Waals surface area contributed by atoms with Gasteiger partial charge in [-0.3, -0.25) is 4.68 Å². The monoisotopic (exact) mass is 380 g/mol. The first-order chi connectivity index (χ1) is 9.81. The number of alkyl halides is 3. The highest BCUT2D eigenvalue weighted by atomic mass is 79.9. The Morgan fingerprint density at radius 1 is 1.33 bits per heavy atom. The second kappa shape index (κ2) is 6.41. The van der Waals surface area contributed by atoms with Crippen LogP contribution in [0.15, 0.2) is 39.8 Å². The SMILES string of the molecule is CCn1ncc(Br)c1C(O)c1ccc(SC(F)(F)F)cc1. The molecule has 1 N–H and O–H groups in total. The molecule has 3 nitrogen and oxygen atoms in total. The maximum Gasteiger partial charge on any atom is 0.446 e. The van der Waals surface area contributed by atoms with Crippen molar-refractivity contribution in [1.82, 2.24) is 9.78 Å². The van der Waals surface area contributed by atoms with Crippen LogP contribution in [0.1, 0.15) is 24.3 Å². The van der Waals surface area contributed by atoms with Gasteiger partial charge in [-0.2, -0.15) is 18.3 Å². The first-order valence-electron chi connectivity index (χ1n) is 6.06. The molecule has 1 aromatic heterocycles. The van der Waals surface area contributed by atoms with Gasteiger partial charge in [0.1, 0.15) is 6.10 Å². The van der Waals surface area contributed by atoms with Gasteiger partial charge in [-0.1, -0.05) is 12.1 Å². The molecule has 1 atom stereocenters. The van der Waals surface area contributed by atoms with Crippen LogP contribution in [0, 0.1) is 0 Å². The average molecular weight is 381 g/mol. The smallest absolute Gasteiger partial charge is 0.382 e. The third-order valence-electron chi connectivity index (χ3n) is 2.82. The number of rotatable bonds is 4. The molecule has 0 radical (unpaired) electrons. The van der Waals surface area contributed by atoms with Gasteiger partial charge in [0.05, 0.1) is 16.4 Å². The van der Waals surface area contributed by atoms with Gasteiger partial charge in [0.15, 0.2) is 0 Å². The van der Waals surface area contributed by atoms with Crippen molar-refractivity contribution in [2.24, 2.45) is 0 Å². The summed E-state index contributed by atoms with van der Waals surface area (Å²) in [5, 5.41) is 14.5. The van der Waals surface area contributed by atoms with Crippen LogP contribution in [0.5, 0.6) is 0 Å². The second-order valence-corrected chi connectivity index (χ2v) is 6.21. The van der Waals surface area contributed by atoms with Crippen molar-refractivity contribution >= 4 is 27.7 Å². The standard InChI is InChI=1S/C13H12BrF3N2OS/c1-2-19-11(10(14)7-18-19)12(20)8-3-5-9(6-4-8)21-13(15,16)17/h3-7,12,20H,2H2,1H3. The minimum Gasteiger partial charge on any atom is -0.382 e. The number of benzene rings is 1. The van der Waals surface area contributed by atoms with E-state index in [2.05, 4.69) is 21.0 Å². The minimum absolute atomic E-state index is 0.0847. The number of hydrogen-bond acceptors (Lipinski definition) is 3. The van der Waals surface area contributed by atoms with Gasteiger partial charge in [-0.05, 0) is 52.3 Å². The fourth-order valence-electron chi connectivity index (χ4n) is 1.91. The van der Waals surface area contributed by atoms with Gasteiger partial charge in [0, 0.05) is 11.4 Å². The third kappa shape index (κ3) is 4.02. The number of aryl methyl sites for hydroxylation is 1. The lowest BCUT2D eigenvalue weighted by atomic mass is 10.1. The number of aliphatic hydroxyl groups is 1. The molecule has 1 aromatic carbocycles. The lowest BCUT2D eigenvalue weighted by Gasteiger charge is -2.14. The fraction of sp³-hybridized carbons (Fsp3) is 0.308. The Morgan fingerprint density at radius 2 is 1.95 bits per heavy atom. The summed E-state index contributed by atoms with van der Waals surface area (Å²) in [5.41, 5.74) is -3.23. The molecule has 0 aliphatic carbocycles. The van der Waals surface area contributed by atoms with Gasteiger partial charge in [0.2, 0.25) is 0 Å². The number of thioether (sulfide) groups is 1. The van der Waals surface area contributed by atoms with Crippen LogP contribution in [-0.4, -0.2) is 20.4 Å². The Balaban J connectivity index is 2.24. The van der Waals surface area contributed by atoms with E-state index in [1.807, 2.05) is 6.92 Å². The van der Waals surface area contributed by atoms with Gasteiger partial charge in [-0.15, -0.1) is 0 Å². The molecule has 0 aliphatic rings. The van der Waals surface area contributed by atoms with Crippen LogP contribution in [0.4, 0.5) is 13.2 Å². The molecule has 0 spiro atoms. The van der Waals surface area contributed by atoms with Crippen molar-refractivity contribution < 1.29 is 18.3 Å². The Morgan fingerprint density at radius 3 is 2.48 bits per heavy atom. The zero-order chi connectivity index (χ0) is 15.6. The number of aromatic nitrogens is 2. The molecule has 0 aliphatic heterocycles. The Labute approximate surface area is 132 Å². The number of nitrogens with zero attached hydrogens (tertiary/aromatic N) is 2. The Bertz CT molecular complexity index is 613. The molecule has 0 fully saturated rings. The Hall–Kier alpha value is -0.990. The summed E-state index contributed by atoms with van der Waals surface area (Å²) in [6.07, 6.45) is 0.627. The van der Waals surface area contributed by atoms with Gasteiger partial charge < -0.3 is 5.11 Å². The maximum atomic E-state index is 12.3.